The zero-order valence-electron chi connectivity index (χ0n) is 25.4. The van der Waals surface area contributed by atoms with E-state index in [0.717, 1.165) is 30.0 Å². The summed E-state index contributed by atoms with van der Waals surface area (Å²) in [6.07, 6.45) is 14.8. The molecule has 1 unspecified atom stereocenters. The fraction of sp³-hybridized carbons (Fsp3) is 0.688. The number of phosphoric acid groups is 1. The number of unbranched alkanes of at least 4 members (excludes halogenated alkanes) is 11. The second-order valence-corrected chi connectivity index (χ2v) is 11.6. The van der Waals surface area contributed by atoms with E-state index in [1.54, 1.807) is 6.07 Å². The molecule has 0 aliphatic rings. The van der Waals surface area contributed by atoms with Crippen LogP contribution in [0.2, 0.25) is 0 Å². The van der Waals surface area contributed by atoms with Crippen molar-refractivity contribution in [1.82, 2.24) is 0 Å². The van der Waals surface area contributed by atoms with Gasteiger partial charge in [-0.25, -0.2) is 4.57 Å². The van der Waals surface area contributed by atoms with Gasteiger partial charge in [-0.15, -0.1) is 0 Å². The van der Waals surface area contributed by atoms with Crippen molar-refractivity contribution in [2.75, 3.05) is 52.9 Å². The molecule has 8 nitrogen and oxygen atoms in total. The summed E-state index contributed by atoms with van der Waals surface area (Å²) in [7, 11) is -3.97. The van der Waals surface area contributed by atoms with E-state index in [4.69, 9.17) is 32.8 Å². The number of benzene rings is 2. The Kier molecular flexibility index (Phi) is 20.9. The van der Waals surface area contributed by atoms with Gasteiger partial charge in [-0.3, -0.25) is 9.05 Å². The van der Waals surface area contributed by atoms with E-state index in [9.17, 15) is 4.57 Å². The minimum atomic E-state index is -3.97. The molecule has 0 bridgehead atoms. The number of fused-ring (bicyclic) bond motifs is 1. The molecule has 0 amide bonds. The van der Waals surface area contributed by atoms with E-state index >= 15 is 0 Å². The first kappa shape index (κ1) is 35.7. The summed E-state index contributed by atoms with van der Waals surface area (Å²) in [5.41, 5.74) is 0. The highest BCUT2D eigenvalue weighted by atomic mass is 31.2. The standard InChI is InChI=1S/C32H53O8P/c1-3-5-6-7-8-9-10-11-12-13-14-17-23-37-41(33,38-29-28-36-27-26-35-25-24-34-4-2)40-39-32-22-18-20-30-19-15-16-21-31(30)32/h15-16,18-22H,3-14,17,23-29H2,1-2H3. The average molecular weight is 597 g/mol. The van der Waals surface area contributed by atoms with Gasteiger partial charge in [-0.05, 0) is 24.8 Å². The Morgan fingerprint density at radius 2 is 1.10 bits per heavy atom. The summed E-state index contributed by atoms with van der Waals surface area (Å²) < 4.78 is 46.0. The Balaban J connectivity index is 1.69. The third kappa shape index (κ3) is 17.3. The minimum Gasteiger partial charge on any atom is -0.379 e. The molecule has 0 saturated carbocycles. The normalized spacial score (nSPS) is 13.0. The Hall–Kier alpha value is -1.51. The number of phosphoric ester groups is 1. The lowest BCUT2D eigenvalue weighted by atomic mass is 10.1. The van der Waals surface area contributed by atoms with E-state index in [-0.39, 0.29) is 19.8 Å². The summed E-state index contributed by atoms with van der Waals surface area (Å²) in [4.78, 5) is 5.50. The van der Waals surface area contributed by atoms with Crippen molar-refractivity contribution >= 4 is 18.6 Å². The van der Waals surface area contributed by atoms with Gasteiger partial charge in [0, 0.05) is 12.0 Å². The van der Waals surface area contributed by atoms with Gasteiger partial charge in [0.25, 0.3) is 0 Å². The molecule has 2 aromatic rings. The van der Waals surface area contributed by atoms with E-state index in [1.807, 2.05) is 43.3 Å². The molecule has 0 fully saturated rings. The van der Waals surface area contributed by atoms with Crippen LogP contribution in [-0.4, -0.2) is 52.9 Å². The molecule has 0 aliphatic heterocycles. The molecular weight excluding hydrogens is 543 g/mol. The molecule has 41 heavy (non-hydrogen) atoms. The molecule has 2 aromatic carbocycles. The highest BCUT2D eigenvalue weighted by molar-refractivity contribution is 7.48. The lowest BCUT2D eigenvalue weighted by Gasteiger charge is -2.17. The van der Waals surface area contributed by atoms with Crippen LogP contribution in [-0.2, 0) is 32.5 Å². The van der Waals surface area contributed by atoms with E-state index < -0.39 is 7.82 Å². The lowest BCUT2D eigenvalue weighted by molar-refractivity contribution is -0.132. The summed E-state index contributed by atoms with van der Waals surface area (Å²) in [5, 5.41) is 1.83. The molecular formula is C32H53O8P. The van der Waals surface area contributed by atoms with E-state index in [0.29, 0.717) is 38.8 Å². The van der Waals surface area contributed by atoms with Gasteiger partial charge >= 0.3 is 7.82 Å². The SMILES string of the molecule is CCCCCCCCCCCCCCOP(=O)(OCCOCCOCCOCC)OOc1cccc2ccccc12. The van der Waals surface area contributed by atoms with Crippen LogP contribution < -0.4 is 4.89 Å². The van der Waals surface area contributed by atoms with Gasteiger partial charge in [-0.1, -0.05) is 119 Å². The van der Waals surface area contributed by atoms with Crippen molar-refractivity contribution in [3.8, 4) is 5.75 Å². The molecule has 0 spiro atoms. The second-order valence-electron chi connectivity index (χ2n) is 10.1. The van der Waals surface area contributed by atoms with Crippen LogP contribution in [0.25, 0.3) is 10.8 Å². The number of rotatable bonds is 28. The third-order valence-corrected chi connectivity index (χ3v) is 7.90. The van der Waals surface area contributed by atoms with Gasteiger partial charge in [0.15, 0.2) is 5.75 Å². The fourth-order valence-corrected chi connectivity index (χ4v) is 5.33. The van der Waals surface area contributed by atoms with Gasteiger partial charge < -0.3 is 19.1 Å². The summed E-state index contributed by atoms with van der Waals surface area (Å²) in [6, 6.07) is 13.3. The fourth-order valence-electron chi connectivity index (χ4n) is 4.35. The highest BCUT2D eigenvalue weighted by Gasteiger charge is 2.29. The zero-order valence-corrected chi connectivity index (χ0v) is 26.3. The van der Waals surface area contributed by atoms with Crippen LogP contribution in [0.15, 0.2) is 42.5 Å². The topological polar surface area (TPSA) is 81.7 Å². The largest absolute Gasteiger partial charge is 0.511 e. The quantitative estimate of drug-likeness (QED) is 0.0416. The molecule has 0 aliphatic carbocycles. The molecule has 9 heteroatoms. The molecule has 0 saturated heterocycles. The van der Waals surface area contributed by atoms with Crippen molar-refractivity contribution in [2.45, 2.75) is 90.9 Å². The Labute approximate surface area is 247 Å². The molecule has 2 rings (SSSR count). The van der Waals surface area contributed by atoms with Crippen LogP contribution in [0.1, 0.15) is 90.9 Å². The van der Waals surface area contributed by atoms with Crippen molar-refractivity contribution in [3.63, 3.8) is 0 Å². The summed E-state index contributed by atoms with van der Waals surface area (Å²) in [5.74, 6) is 0.446. The van der Waals surface area contributed by atoms with Gasteiger partial charge in [0.1, 0.15) is 0 Å². The monoisotopic (exact) mass is 596 g/mol. The number of hydrogen-bond acceptors (Lipinski definition) is 8. The van der Waals surface area contributed by atoms with Gasteiger partial charge in [0.2, 0.25) is 0 Å². The van der Waals surface area contributed by atoms with Gasteiger partial charge in [0.05, 0.1) is 46.2 Å². The van der Waals surface area contributed by atoms with E-state index in [1.165, 1.54) is 57.8 Å². The third-order valence-electron chi connectivity index (χ3n) is 6.64. The first-order chi connectivity index (χ1) is 20.2. The van der Waals surface area contributed by atoms with Crippen LogP contribution in [0.5, 0.6) is 5.75 Å². The maximum absolute atomic E-state index is 13.4. The minimum absolute atomic E-state index is 0.0353. The first-order valence-electron chi connectivity index (χ1n) is 15.6. The van der Waals surface area contributed by atoms with Crippen LogP contribution in [0.4, 0.5) is 0 Å². The van der Waals surface area contributed by atoms with Crippen molar-refractivity contribution in [2.24, 2.45) is 0 Å². The molecule has 1 atom stereocenters. The first-order valence-corrected chi connectivity index (χ1v) is 17.1. The Morgan fingerprint density at radius 1 is 0.561 bits per heavy atom. The summed E-state index contributed by atoms with van der Waals surface area (Å²) >= 11 is 0. The molecule has 0 radical (unpaired) electrons. The lowest BCUT2D eigenvalue weighted by Crippen LogP contribution is -2.12. The van der Waals surface area contributed by atoms with Crippen molar-refractivity contribution in [3.05, 3.63) is 42.5 Å². The molecule has 0 heterocycles. The van der Waals surface area contributed by atoms with Crippen LogP contribution >= 0.6 is 7.82 Å². The second kappa shape index (κ2) is 24.0. The van der Waals surface area contributed by atoms with Crippen molar-refractivity contribution < 1.29 is 37.4 Å². The smallest absolute Gasteiger partial charge is 0.379 e. The molecule has 0 N–H and O–H groups in total. The Bertz CT molecular complexity index is 936. The summed E-state index contributed by atoms with van der Waals surface area (Å²) in [6.45, 7) is 7.32. The Morgan fingerprint density at radius 3 is 1.76 bits per heavy atom. The number of hydrogen-bond donors (Lipinski definition) is 0. The molecule has 0 aromatic heterocycles. The zero-order chi connectivity index (χ0) is 29.3. The van der Waals surface area contributed by atoms with Crippen LogP contribution in [0, 0.1) is 0 Å². The van der Waals surface area contributed by atoms with Crippen LogP contribution in [0.3, 0.4) is 0 Å². The predicted molar refractivity (Wildman–Crippen MR) is 164 cm³/mol. The molecule has 234 valence electrons. The van der Waals surface area contributed by atoms with Crippen molar-refractivity contribution in [1.29, 1.82) is 0 Å². The highest BCUT2D eigenvalue weighted by Crippen LogP contribution is 2.50. The predicted octanol–water partition coefficient (Wildman–Crippen LogP) is 9.06. The average Bonchev–Trinajstić information content (AvgIpc) is 2.99. The van der Waals surface area contributed by atoms with E-state index in [2.05, 4.69) is 6.92 Å². The maximum Gasteiger partial charge on any atom is 0.511 e. The maximum atomic E-state index is 13.4. The van der Waals surface area contributed by atoms with Gasteiger partial charge in [-0.2, -0.15) is 0 Å². The number of ether oxygens (including phenoxy) is 3.